The number of aromatic nitrogens is 2. The first-order chi connectivity index (χ1) is 13.7. The molecule has 3 atom stereocenters. The van der Waals surface area contributed by atoms with E-state index in [1.807, 2.05) is 5.38 Å². The van der Waals surface area contributed by atoms with Gasteiger partial charge in [-0.3, -0.25) is 4.79 Å². The van der Waals surface area contributed by atoms with E-state index in [1.54, 1.807) is 17.0 Å². The molecule has 3 heterocycles. The Morgan fingerprint density at radius 2 is 1.93 bits per heavy atom. The molecule has 6 heteroatoms. The Morgan fingerprint density at radius 1 is 1.14 bits per heavy atom. The van der Waals surface area contributed by atoms with E-state index < -0.39 is 0 Å². The van der Waals surface area contributed by atoms with Crippen LogP contribution in [0.2, 0.25) is 0 Å². The van der Waals surface area contributed by atoms with E-state index in [2.05, 4.69) is 4.98 Å². The molecule has 1 aromatic carbocycles. The molecule has 0 bridgehead atoms. The van der Waals surface area contributed by atoms with Crippen LogP contribution in [0.4, 0.5) is 4.39 Å². The smallest absolute Gasteiger partial charge is 0.260 e. The summed E-state index contributed by atoms with van der Waals surface area (Å²) >= 11 is 1.49. The van der Waals surface area contributed by atoms with Crippen molar-refractivity contribution in [3.05, 3.63) is 51.6 Å². The second-order valence-electron chi connectivity index (χ2n) is 8.32. The van der Waals surface area contributed by atoms with Crippen LogP contribution in [0.15, 0.2) is 34.4 Å². The fourth-order valence-electron chi connectivity index (χ4n) is 5.11. The molecule has 1 aliphatic carbocycles. The standard InChI is InChI=1S/C22H24FN3OS/c23-17-7-5-15(6-8-17)18-13-28-22-20(18)21(27)24-19(25-22)12-26-10-9-14-3-1-2-4-16(14)11-26/h5-8,13-14,16H,1-4,9-12H2,(H,24,25,27)/p+1/t14-,16-/m1/s1. The molecule has 3 aromatic rings. The average Bonchev–Trinajstić information content (AvgIpc) is 3.13. The van der Waals surface area contributed by atoms with Crippen LogP contribution in [-0.2, 0) is 6.54 Å². The van der Waals surface area contributed by atoms with E-state index in [4.69, 9.17) is 4.98 Å². The first-order valence-electron chi connectivity index (χ1n) is 10.3. The molecule has 2 fully saturated rings. The second kappa shape index (κ2) is 7.41. The lowest BCUT2D eigenvalue weighted by molar-refractivity contribution is -0.924. The Bertz CT molecular complexity index is 1040. The number of benzene rings is 1. The van der Waals surface area contributed by atoms with Gasteiger partial charge in [0, 0.05) is 16.9 Å². The van der Waals surface area contributed by atoms with E-state index in [0.717, 1.165) is 40.2 Å². The quantitative estimate of drug-likeness (QED) is 0.711. The molecule has 146 valence electrons. The fourth-order valence-corrected chi connectivity index (χ4v) is 6.08. The number of H-pyrrole nitrogens is 1. The van der Waals surface area contributed by atoms with Crippen LogP contribution in [0.1, 0.15) is 37.9 Å². The maximum absolute atomic E-state index is 13.2. The number of fused-ring (bicyclic) bond motifs is 2. The molecular formula is C22H25FN3OS+. The number of hydrogen-bond donors (Lipinski definition) is 2. The Labute approximate surface area is 167 Å². The molecule has 28 heavy (non-hydrogen) atoms. The van der Waals surface area contributed by atoms with Gasteiger partial charge in [0.05, 0.1) is 18.5 Å². The molecule has 1 saturated carbocycles. The van der Waals surface area contributed by atoms with Crippen LogP contribution < -0.4 is 10.5 Å². The van der Waals surface area contributed by atoms with Crippen LogP contribution in [0.25, 0.3) is 21.3 Å². The largest absolute Gasteiger partial charge is 0.328 e. The fraction of sp³-hybridized carbons (Fsp3) is 0.455. The van der Waals surface area contributed by atoms with Crippen LogP contribution in [0.5, 0.6) is 0 Å². The number of halogens is 1. The highest BCUT2D eigenvalue weighted by molar-refractivity contribution is 7.17. The summed E-state index contributed by atoms with van der Waals surface area (Å²) < 4.78 is 13.2. The maximum Gasteiger partial charge on any atom is 0.260 e. The molecule has 2 aliphatic rings. The van der Waals surface area contributed by atoms with Crippen molar-refractivity contribution in [2.75, 3.05) is 13.1 Å². The third-order valence-corrected chi connectivity index (χ3v) is 7.42. The monoisotopic (exact) mass is 398 g/mol. The third kappa shape index (κ3) is 3.40. The maximum atomic E-state index is 13.2. The first kappa shape index (κ1) is 18.0. The normalized spacial score (nSPS) is 25.0. The number of nitrogens with zero attached hydrogens (tertiary/aromatic N) is 1. The molecule has 0 amide bonds. The number of piperidine rings is 1. The minimum atomic E-state index is -0.276. The van der Waals surface area contributed by atoms with Gasteiger partial charge in [-0.05, 0) is 42.9 Å². The lowest BCUT2D eigenvalue weighted by Gasteiger charge is -2.38. The SMILES string of the molecule is O=c1[nH]c(C[NH+]2CC[C@H]3CCCC[C@@H]3C2)nc2scc(-c3ccc(F)cc3)c12. The molecule has 0 radical (unpaired) electrons. The number of quaternary nitrogens is 1. The van der Waals surface area contributed by atoms with Gasteiger partial charge in [0.2, 0.25) is 0 Å². The number of nitrogens with one attached hydrogen (secondary N) is 2. The molecule has 4 nitrogen and oxygen atoms in total. The zero-order valence-corrected chi connectivity index (χ0v) is 16.7. The number of rotatable bonds is 3. The van der Waals surface area contributed by atoms with Gasteiger partial charge < -0.3 is 9.88 Å². The van der Waals surface area contributed by atoms with Crippen molar-refractivity contribution in [2.45, 2.75) is 38.6 Å². The summed E-state index contributed by atoms with van der Waals surface area (Å²) in [5.74, 6) is 2.28. The molecular weight excluding hydrogens is 373 g/mol. The summed E-state index contributed by atoms with van der Waals surface area (Å²) in [6.45, 7) is 3.17. The Kier molecular flexibility index (Phi) is 4.77. The summed E-state index contributed by atoms with van der Waals surface area (Å²) in [6, 6.07) is 6.27. The first-order valence-corrected chi connectivity index (χ1v) is 11.2. The summed E-state index contributed by atoms with van der Waals surface area (Å²) in [6.07, 6.45) is 6.84. The van der Waals surface area contributed by atoms with E-state index in [9.17, 15) is 9.18 Å². The van der Waals surface area contributed by atoms with E-state index >= 15 is 0 Å². The van der Waals surface area contributed by atoms with E-state index in [0.29, 0.717) is 5.39 Å². The molecule has 2 aromatic heterocycles. The molecule has 1 saturated heterocycles. The minimum absolute atomic E-state index is 0.0903. The van der Waals surface area contributed by atoms with Crippen LogP contribution in [-0.4, -0.2) is 23.1 Å². The van der Waals surface area contributed by atoms with Crippen LogP contribution in [0.3, 0.4) is 0 Å². The number of hydrogen-bond acceptors (Lipinski definition) is 3. The summed E-state index contributed by atoms with van der Waals surface area (Å²) in [5, 5.41) is 2.56. The molecule has 1 aliphatic heterocycles. The Hall–Kier alpha value is -2.05. The van der Waals surface area contributed by atoms with Gasteiger partial charge in [-0.25, -0.2) is 9.37 Å². The van der Waals surface area contributed by atoms with Gasteiger partial charge >= 0.3 is 0 Å². The zero-order chi connectivity index (χ0) is 19.1. The van der Waals surface area contributed by atoms with Crippen molar-refractivity contribution in [3.63, 3.8) is 0 Å². The predicted molar refractivity (Wildman–Crippen MR) is 110 cm³/mol. The lowest BCUT2D eigenvalue weighted by atomic mass is 9.75. The van der Waals surface area contributed by atoms with Gasteiger partial charge in [0.1, 0.15) is 17.2 Å². The highest BCUT2D eigenvalue weighted by Gasteiger charge is 2.33. The average molecular weight is 399 g/mol. The topological polar surface area (TPSA) is 50.2 Å². The van der Waals surface area contributed by atoms with Gasteiger partial charge in [-0.2, -0.15) is 0 Å². The van der Waals surface area contributed by atoms with Gasteiger partial charge in [-0.1, -0.05) is 25.0 Å². The Morgan fingerprint density at radius 3 is 2.75 bits per heavy atom. The van der Waals surface area contributed by atoms with Crippen molar-refractivity contribution in [3.8, 4) is 11.1 Å². The van der Waals surface area contributed by atoms with Crippen molar-refractivity contribution in [2.24, 2.45) is 11.8 Å². The minimum Gasteiger partial charge on any atom is -0.328 e. The second-order valence-corrected chi connectivity index (χ2v) is 9.18. The number of aromatic amines is 1. The number of likely N-dealkylation sites (tertiary alicyclic amines) is 1. The lowest BCUT2D eigenvalue weighted by Crippen LogP contribution is -3.12. The predicted octanol–water partition coefficient (Wildman–Crippen LogP) is 3.39. The summed E-state index contributed by atoms with van der Waals surface area (Å²) in [4.78, 5) is 22.9. The van der Waals surface area contributed by atoms with Crippen molar-refractivity contribution in [1.82, 2.24) is 9.97 Å². The van der Waals surface area contributed by atoms with Gasteiger partial charge in [0.25, 0.3) is 5.56 Å². The van der Waals surface area contributed by atoms with Gasteiger partial charge in [0.15, 0.2) is 5.82 Å². The van der Waals surface area contributed by atoms with Crippen LogP contribution in [0, 0.1) is 17.7 Å². The molecule has 5 rings (SSSR count). The van der Waals surface area contributed by atoms with Crippen molar-refractivity contribution >= 4 is 21.6 Å². The highest BCUT2D eigenvalue weighted by Crippen LogP contribution is 2.33. The van der Waals surface area contributed by atoms with E-state index in [-0.39, 0.29) is 11.4 Å². The Balaban J connectivity index is 1.40. The number of thiophene rings is 1. The molecule has 2 N–H and O–H groups in total. The van der Waals surface area contributed by atoms with Gasteiger partial charge in [-0.15, -0.1) is 11.3 Å². The molecule has 1 unspecified atom stereocenters. The highest BCUT2D eigenvalue weighted by atomic mass is 32.1. The third-order valence-electron chi connectivity index (χ3n) is 6.55. The van der Waals surface area contributed by atoms with Crippen molar-refractivity contribution < 1.29 is 9.29 Å². The summed E-state index contributed by atoms with van der Waals surface area (Å²) in [5.41, 5.74) is 1.58. The zero-order valence-electron chi connectivity index (χ0n) is 15.8. The van der Waals surface area contributed by atoms with E-state index in [1.165, 1.54) is 68.7 Å². The van der Waals surface area contributed by atoms with Crippen LogP contribution >= 0.6 is 11.3 Å². The van der Waals surface area contributed by atoms with Crippen molar-refractivity contribution in [1.29, 1.82) is 0 Å². The molecule has 0 spiro atoms. The summed E-state index contributed by atoms with van der Waals surface area (Å²) in [7, 11) is 0.